The first kappa shape index (κ1) is 19.2. The third-order valence-electron chi connectivity index (χ3n) is 2.54. The summed E-state index contributed by atoms with van der Waals surface area (Å²) in [7, 11) is 0. The van der Waals surface area contributed by atoms with Gasteiger partial charge in [0.1, 0.15) is 6.04 Å². The van der Waals surface area contributed by atoms with Crippen molar-refractivity contribution in [1.29, 1.82) is 0 Å². The molecule has 7 heteroatoms. The Morgan fingerprint density at radius 2 is 1.67 bits per heavy atom. The maximum Gasteiger partial charge on any atom is 0.407 e. The number of rotatable bonds is 10. The fraction of sp³-hybridized carbons (Fsp3) is 0.786. The van der Waals surface area contributed by atoms with Gasteiger partial charge in [-0.2, -0.15) is 0 Å². The Morgan fingerprint density at radius 3 is 2.24 bits per heavy atom. The normalized spacial score (nSPS) is 11.4. The van der Waals surface area contributed by atoms with Crippen LogP contribution in [-0.2, 0) is 23.8 Å². The van der Waals surface area contributed by atoms with Crippen LogP contribution < -0.4 is 5.32 Å². The molecule has 1 unspecified atom stereocenters. The van der Waals surface area contributed by atoms with Crippen molar-refractivity contribution in [2.24, 2.45) is 0 Å². The van der Waals surface area contributed by atoms with Gasteiger partial charge >= 0.3 is 18.0 Å². The van der Waals surface area contributed by atoms with E-state index in [1.807, 2.05) is 6.92 Å². The number of hydrogen-bond donors (Lipinski definition) is 1. The molecular weight excluding hydrogens is 278 g/mol. The van der Waals surface area contributed by atoms with Gasteiger partial charge in [-0.25, -0.2) is 9.59 Å². The highest BCUT2D eigenvalue weighted by Crippen LogP contribution is 2.03. The van der Waals surface area contributed by atoms with Crippen LogP contribution in [0, 0.1) is 0 Å². The molecule has 1 atom stereocenters. The van der Waals surface area contributed by atoms with E-state index < -0.39 is 24.1 Å². The van der Waals surface area contributed by atoms with Crippen LogP contribution in [-0.4, -0.2) is 43.9 Å². The molecule has 0 heterocycles. The number of carbonyl (C=O) groups is 3. The SMILES string of the molecule is CCCCOC(=O)NC(CCC(=O)OCC)C(=O)OCC. The number of nitrogens with one attached hydrogen (secondary N) is 1. The molecular formula is C14H25NO6. The number of esters is 2. The first-order valence-electron chi connectivity index (χ1n) is 7.30. The van der Waals surface area contributed by atoms with Gasteiger partial charge in [0.2, 0.25) is 0 Å². The van der Waals surface area contributed by atoms with Crippen LogP contribution in [0.2, 0.25) is 0 Å². The van der Waals surface area contributed by atoms with E-state index >= 15 is 0 Å². The first-order chi connectivity index (χ1) is 10.0. The third kappa shape index (κ3) is 9.70. The summed E-state index contributed by atoms with van der Waals surface area (Å²) in [6.45, 7) is 6.10. The summed E-state index contributed by atoms with van der Waals surface area (Å²) in [6, 6.07) is -0.913. The average Bonchev–Trinajstić information content (AvgIpc) is 2.44. The van der Waals surface area contributed by atoms with Crippen LogP contribution in [0.25, 0.3) is 0 Å². The Kier molecular flexibility index (Phi) is 11.0. The van der Waals surface area contributed by atoms with Gasteiger partial charge < -0.3 is 19.5 Å². The molecule has 0 spiro atoms. The molecule has 122 valence electrons. The van der Waals surface area contributed by atoms with Crippen LogP contribution >= 0.6 is 0 Å². The van der Waals surface area contributed by atoms with E-state index in [0.29, 0.717) is 0 Å². The van der Waals surface area contributed by atoms with E-state index in [-0.39, 0.29) is 32.7 Å². The fourth-order valence-electron chi connectivity index (χ4n) is 1.48. The zero-order chi connectivity index (χ0) is 16.1. The summed E-state index contributed by atoms with van der Waals surface area (Å²) in [4.78, 5) is 34.6. The van der Waals surface area contributed by atoms with Crippen LogP contribution in [0.1, 0.15) is 46.5 Å². The maximum atomic E-state index is 11.7. The minimum Gasteiger partial charge on any atom is -0.466 e. The molecule has 0 aromatic carbocycles. The second-order valence-electron chi connectivity index (χ2n) is 4.28. The van der Waals surface area contributed by atoms with Gasteiger partial charge in [0.25, 0.3) is 0 Å². The largest absolute Gasteiger partial charge is 0.466 e. The molecule has 1 amide bonds. The van der Waals surface area contributed by atoms with E-state index in [0.717, 1.165) is 12.8 Å². The summed E-state index contributed by atoms with van der Waals surface area (Å²) < 4.78 is 14.6. The predicted octanol–water partition coefficient (Wildman–Crippen LogP) is 1.79. The lowest BCUT2D eigenvalue weighted by Gasteiger charge is -2.16. The molecule has 0 saturated heterocycles. The zero-order valence-electron chi connectivity index (χ0n) is 13.0. The van der Waals surface area contributed by atoms with E-state index in [4.69, 9.17) is 14.2 Å². The predicted molar refractivity (Wildman–Crippen MR) is 75.7 cm³/mol. The van der Waals surface area contributed by atoms with Crippen LogP contribution in [0.3, 0.4) is 0 Å². The van der Waals surface area contributed by atoms with Gasteiger partial charge in [-0.1, -0.05) is 13.3 Å². The molecule has 21 heavy (non-hydrogen) atoms. The monoisotopic (exact) mass is 303 g/mol. The van der Waals surface area contributed by atoms with Crippen molar-refractivity contribution < 1.29 is 28.6 Å². The van der Waals surface area contributed by atoms with Crippen LogP contribution in [0.5, 0.6) is 0 Å². The summed E-state index contributed by atoms with van der Waals surface area (Å²) in [6.07, 6.45) is 1.09. The van der Waals surface area contributed by atoms with Crippen molar-refractivity contribution in [3.05, 3.63) is 0 Å². The van der Waals surface area contributed by atoms with Crippen molar-refractivity contribution in [2.45, 2.75) is 52.5 Å². The Labute approximate surface area is 125 Å². The Balaban J connectivity index is 4.34. The Hall–Kier alpha value is -1.79. The summed E-state index contributed by atoms with van der Waals surface area (Å²) in [5, 5.41) is 2.41. The van der Waals surface area contributed by atoms with Crippen LogP contribution in [0.4, 0.5) is 4.79 Å². The van der Waals surface area contributed by atoms with Crippen molar-refractivity contribution in [3.63, 3.8) is 0 Å². The van der Waals surface area contributed by atoms with Gasteiger partial charge in [-0.15, -0.1) is 0 Å². The maximum absolute atomic E-state index is 11.7. The number of ether oxygens (including phenoxy) is 3. The van der Waals surface area contributed by atoms with Gasteiger partial charge in [-0.05, 0) is 26.7 Å². The molecule has 0 aliphatic carbocycles. The van der Waals surface area contributed by atoms with Crippen molar-refractivity contribution in [3.8, 4) is 0 Å². The zero-order valence-corrected chi connectivity index (χ0v) is 13.0. The molecule has 0 aromatic rings. The smallest absolute Gasteiger partial charge is 0.407 e. The van der Waals surface area contributed by atoms with E-state index in [9.17, 15) is 14.4 Å². The number of amides is 1. The van der Waals surface area contributed by atoms with Crippen molar-refractivity contribution in [1.82, 2.24) is 5.32 Å². The number of unbranched alkanes of at least 4 members (excludes halogenated alkanes) is 1. The molecule has 0 saturated carbocycles. The van der Waals surface area contributed by atoms with Crippen molar-refractivity contribution >= 4 is 18.0 Å². The molecule has 7 nitrogen and oxygen atoms in total. The van der Waals surface area contributed by atoms with Crippen molar-refractivity contribution in [2.75, 3.05) is 19.8 Å². The van der Waals surface area contributed by atoms with E-state index in [2.05, 4.69) is 5.32 Å². The third-order valence-corrected chi connectivity index (χ3v) is 2.54. The molecule has 0 rings (SSSR count). The van der Waals surface area contributed by atoms with Gasteiger partial charge in [0, 0.05) is 6.42 Å². The highest BCUT2D eigenvalue weighted by Gasteiger charge is 2.23. The topological polar surface area (TPSA) is 90.9 Å². The van der Waals surface area contributed by atoms with Gasteiger partial charge in [-0.3, -0.25) is 4.79 Å². The highest BCUT2D eigenvalue weighted by molar-refractivity contribution is 5.82. The van der Waals surface area contributed by atoms with Crippen LogP contribution in [0.15, 0.2) is 0 Å². The Morgan fingerprint density at radius 1 is 1.00 bits per heavy atom. The summed E-state index contributed by atoms with van der Waals surface area (Å²) >= 11 is 0. The molecule has 0 radical (unpaired) electrons. The highest BCUT2D eigenvalue weighted by atomic mass is 16.6. The molecule has 0 aliphatic heterocycles. The number of hydrogen-bond acceptors (Lipinski definition) is 6. The summed E-state index contributed by atoms with van der Waals surface area (Å²) in [5.74, 6) is -1.01. The lowest BCUT2D eigenvalue weighted by atomic mass is 10.1. The quantitative estimate of drug-likeness (QED) is 0.376. The molecule has 0 aliphatic rings. The first-order valence-corrected chi connectivity index (χ1v) is 7.30. The van der Waals surface area contributed by atoms with E-state index in [1.54, 1.807) is 13.8 Å². The minimum atomic E-state index is -0.913. The lowest BCUT2D eigenvalue weighted by Crippen LogP contribution is -2.42. The lowest BCUT2D eigenvalue weighted by molar-refractivity contribution is -0.147. The second-order valence-corrected chi connectivity index (χ2v) is 4.28. The molecule has 0 aromatic heterocycles. The Bertz CT molecular complexity index is 331. The molecule has 0 fully saturated rings. The summed E-state index contributed by atoms with van der Waals surface area (Å²) in [5.41, 5.74) is 0. The molecule has 0 bridgehead atoms. The van der Waals surface area contributed by atoms with Gasteiger partial charge in [0.05, 0.1) is 19.8 Å². The van der Waals surface area contributed by atoms with Gasteiger partial charge in [0.15, 0.2) is 0 Å². The fourth-order valence-corrected chi connectivity index (χ4v) is 1.48. The number of alkyl carbamates (subject to hydrolysis) is 1. The van der Waals surface area contributed by atoms with E-state index in [1.165, 1.54) is 0 Å². The standard InChI is InChI=1S/C14H25NO6/c1-4-7-10-21-14(18)15-11(13(17)20-6-3)8-9-12(16)19-5-2/h11H,4-10H2,1-3H3,(H,15,18). The molecule has 1 N–H and O–H groups in total. The average molecular weight is 303 g/mol. The number of carbonyl (C=O) groups excluding carboxylic acids is 3. The second kappa shape index (κ2) is 12.0. The minimum absolute atomic E-state index is 0.0204.